The van der Waals surface area contributed by atoms with E-state index in [9.17, 15) is 13.2 Å². The van der Waals surface area contributed by atoms with Crippen LogP contribution in [0.15, 0.2) is 47.6 Å². The highest BCUT2D eigenvalue weighted by molar-refractivity contribution is 7.92. The van der Waals surface area contributed by atoms with Gasteiger partial charge in [-0.1, -0.05) is 17.7 Å². The summed E-state index contributed by atoms with van der Waals surface area (Å²) in [5.74, 6) is 0.0457. The van der Waals surface area contributed by atoms with Gasteiger partial charge in [0.05, 0.1) is 16.6 Å². The largest absolute Gasteiger partial charge is 0.367 e. The number of rotatable bonds is 3. The number of amides is 1. The highest BCUT2D eigenvalue weighted by Crippen LogP contribution is 2.25. The van der Waals surface area contributed by atoms with Crippen LogP contribution in [0.5, 0.6) is 0 Å². The molecule has 6 nitrogen and oxygen atoms in total. The maximum atomic E-state index is 12.6. The van der Waals surface area contributed by atoms with Gasteiger partial charge in [0.25, 0.3) is 5.91 Å². The molecule has 2 heterocycles. The molecule has 150 valence electrons. The Bertz CT molecular complexity index is 938. The molecule has 1 aromatic heterocycles. The molecule has 0 aliphatic carbocycles. The van der Waals surface area contributed by atoms with Gasteiger partial charge in [-0.25, -0.2) is 13.4 Å². The van der Waals surface area contributed by atoms with Crippen LogP contribution in [0.2, 0.25) is 0 Å². The lowest BCUT2D eigenvalue weighted by Gasteiger charge is -2.36. The first kappa shape index (κ1) is 20.3. The van der Waals surface area contributed by atoms with Crippen LogP contribution < -0.4 is 4.90 Å². The van der Waals surface area contributed by atoms with E-state index in [0.29, 0.717) is 31.7 Å². The van der Waals surface area contributed by atoms with Gasteiger partial charge in [-0.2, -0.15) is 0 Å². The fourth-order valence-corrected chi connectivity index (χ4v) is 4.14. The molecule has 1 aliphatic heterocycles. The normalized spacial score (nSPS) is 15.6. The monoisotopic (exact) mass is 401 g/mol. The second-order valence-corrected chi connectivity index (χ2v) is 10.8. The standard InChI is InChI=1S/C21H27N3O3S/c1-16-5-7-17(8-6-16)20(25)24-13-11-23(12-14-24)18-9-10-19(22-15-18)28(26,27)21(2,3)4/h5-10,15H,11-14H2,1-4H3. The third kappa shape index (κ3) is 4.04. The summed E-state index contributed by atoms with van der Waals surface area (Å²) in [5, 5.41) is 0.0944. The summed E-state index contributed by atoms with van der Waals surface area (Å²) < 4.78 is 24.1. The van der Waals surface area contributed by atoms with Crippen molar-refractivity contribution in [3.05, 3.63) is 53.7 Å². The lowest BCUT2D eigenvalue weighted by atomic mass is 10.1. The van der Waals surface area contributed by atoms with Gasteiger partial charge in [0.2, 0.25) is 0 Å². The lowest BCUT2D eigenvalue weighted by Crippen LogP contribution is -2.48. The molecule has 1 fully saturated rings. The van der Waals surface area contributed by atoms with Crippen LogP contribution in [0.3, 0.4) is 0 Å². The molecule has 3 rings (SSSR count). The smallest absolute Gasteiger partial charge is 0.253 e. The average Bonchev–Trinajstić information content (AvgIpc) is 2.67. The molecule has 1 amide bonds. The van der Waals surface area contributed by atoms with Crippen molar-refractivity contribution in [2.24, 2.45) is 0 Å². The fourth-order valence-electron chi connectivity index (χ4n) is 3.08. The van der Waals surface area contributed by atoms with Crippen molar-refractivity contribution in [1.82, 2.24) is 9.88 Å². The summed E-state index contributed by atoms with van der Waals surface area (Å²) in [6.07, 6.45) is 1.61. The summed E-state index contributed by atoms with van der Waals surface area (Å²) in [5.41, 5.74) is 2.71. The number of carbonyl (C=O) groups excluding carboxylic acids is 1. The van der Waals surface area contributed by atoms with Crippen LogP contribution in [0.4, 0.5) is 5.69 Å². The van der Waals surface area contributed by atoms with Crippen molar-refractivity contribution in [3.8, 4) is 0 Å². The topological polar surface area (TPSA) is 70.6 Å². The van der Waals surface area contributed by atoms with Crippen molar-refractivity contribution in [3.63, 3.8) is 0 Å². The van der Waals surface area contributed by atoms with E-state index in [4.69, 9.17) is 0 Å². The molecule has 0 spiro atoms. The third-order valence-electron chi connectivity index (χ3n) is 5.03. The molecule has 0 radical (unpaired) electrons. The van der Waals surface area contributed by atoms with Crippen molar-refractivity contribution < 1.29 is 13.2 Å². The van der Waals surface area contributed by atoms with Crippen molar-refractivity contribution in [2.75, 3.05) is 31.1 Å². The molecule has 1 aromatic carbocycles. The van der Waals surface area contributed by atoms with Gasteiger partial charge in [-0.05, 0) is 52.0 Å². The number of nitrogens with zero attached hydrogens (tertiary/aromatic N) is 3. The third-order valence-corrected chi connectivity index (χ3v) is 7.44. The van der Waals surface area contributed by atoms with Gasteiger partial charge in [0.15, 0.2) is 14.9 Å². The van der Waals surface area contributed by atoms with Crippen LogP contribution in [0.1, 0.15) is 36.7 Å². The van der Waals surface area contributed by atoms with Crippen LogP contribution in [0, 0.1) is 6.92 Å². The number of aromatic nitrogens is 1. The Morgan fingerprint density at radius 1 is 0.964 bits per heavy atom. The van der Waals surface area contributed by atoms with Crippen molar-refractivity contribution in [2.45, 2.75) is 37.5 Å². The number of hydrogen-bond acceptors (Lipinski definition) is 5. The summed E-state index contributed by atoms with van der Waals surface area (Å²) in [4.78, 5) is 20.8. The van der Waals surface area contributed by atoms with E-state index >= 15 is 0 Å². The van der Waals surface area contributed by atoms with Gasteiger partial charge in [-0.15, -0.1) is 0 Å². The molecular formula is C21H27N3O3S. The second-order valence-electron chi connectivity index (χ2n) is 8.12. The molecule has 7 heteroatoms. The number of anilines is 1. The Labute approximate surface area is 167 Å². The van der Waals surface area contributed by atoms with E-state index in [1.807, 2.05) is 36.1 Å². The molecule has 0 unspecified atom stereocenters. The summed E-state index contributed by atoms with van der Waals surface area (Å²) in [6.45, 7) is 9.62. The summed E-state index contributed by atoms with van der Waals surface area (Å²) >= 11 is 0. The number of hydrogen-bond donors (Lipinski definition) is 0. The minimum atomic E-state index is -3.46. The summed E-state index contributed by atoms with van der Waals surface area (Å²) in [6, 6.07) is 11.0. The van der Waals surface area contributed by atoms with E-state index in [-0.39, 0.29) is 10.9 Å². The maximum Gasteiger partial charge on any atom is 0.253 e. The molecule has 0 N–H and O–H groups in total. The molecule has 1 aliphatic rings. The SMILES string of the molecule is Cc1ccc(C(=O)N2CCN(c3ccc(S(=O)(=O)C(C)(C)C)nc3)CC2)cc1. The number of carbonyl (C=O) groups is 1. The highest BCUT2D eigenvalue weighted by Gasteiger charge is 2.32. The van der Waals surface area contributed by atoms with E-state index in [1.165, 1.54) is 0 Å². The predicted molar refractivity (Wildman–Crippen MR) is 110 cm³/mol. The van der Waals surface area contributed by atoms with Gasteiger partial charge in [0, 0.05) is 31.7 Å². The number of aryl methyl sites for hydroxylation is 1. The number of pyridine rings is 1. The molecule has 1 saturated heterocycles. The number of sulfone groups is 1. The minimum Gasteiger partial charge on any atom is -0.367 e. The van der Waals surface area contributed by atoms with E-state index in [1.54, 1.807) is 39.1 Å². The molecule has 2 aromatic rings. The van der Waals surface area contributed by atoms with E-state index in [2.05, 4.69) is 9.88 Å². The van der Waals surface area contributed by atoms with Gasteiger partial charge >= 0.3 is 0 Å². The molecule has 0 bridgehead atoms. The molecule has 0 atom stereocenters. The Kier molecular flexibility index (Phi) is 5.48. The van der Waals surface area contributed by atoms with Gasteiger partial charge in [-0.3, -0.25) is 4.79 Å². The predicted octanol–water partition coefficient (Wildman–Crippen LogP) is 2.92. The van der Waals surface area contributed by atoms with Gasteiger partial charge in [0.1, 0.15) is 0 Å². The minimum absolute atomic E-state index is 0.0457. The Morgan fingerprint density at radius 3 is 2.07 bits per heavy atom. The van der Waals surface area contributed by atoms with Crippen LogP contribution in [0.25, 0.3) is 0 Å². The van der Waals surface area contributed by atoms with E-state index < -0.39 is 14.6 Å². The molecule has 28 heavy (non-hydrogen) atoms. The second kappa shape index (κ2) is 7.54. The Hall–Kier alpha value is -2.41. The summed E-state index contributed by atoms with van der Waals surface area (Å²) in [7, 11) is -3.46. The van der Waals surface area contributed by atoms with E-state index in [0.717, 1.165) is 11.3 Å². The quantitative estimate of drug-likeness (QED) is 0.791. The zero-order valence-electron chi connectivity index (χ0n) is 16.8. The Morgan fingerprint density at radius 2 is 1.57 bits per heavy atom. The lowest BCUT2D eigenvalue weighted by molar-refractivity contribution is 0.0746. The first-order valence-corrected chi connectivity index (χ1v) is 10.9. The van der Waals surface area contributed by atoms with Crippen LogP contribution >= 0.6 is 0 Å². The highest BCUT2D eigenvalue weighted by atomic mass is 32.2. The average molecular weight is 402 g/mol. The number of piperazine rings is 1. The first-order chi connectivity index (χ1) is 13.1. The Balaban J connectivity index is 1.65. The first-order valence-electron chi connectivity index (χ1n) is 9.41. The van der Waals surface area contributed by atoms with Crippen molar-refractivity contribution >= 4 is 21.4 Å². The molecule has 0 saturated carbocycles. The molecular weight excluding hydrogens is 374 g/mol. The van der Waals surface area contributed by atoms with Gasteiger partial charge < -0.3 is 9.80 Å². The van der Waals surface area contributed by atoms with Crippen LogP contribution in [-0.2, 0) is 9.84 Å². The maximum absolute atomic E-state index is 12.6. The zero-order chi connectivity index (χ0) is 20.5. The fraction of sp³-hybridized carbons (Fsp3) is 0.429. The zero-order valence-corrected chi connectivity index (χ0v) is 17.7. The number of benzene rings is 1. The van der Waals surface area contributed by atoms with Crippen molar-refractivity contribution in [1.29, 1.82) is 0 Å². The van der Waals surface area contributed by atoms with Crippen LogP contribution in [-0.4, -0.2) is 55.1 Å².